The summed E-state index contributed by atoms with van der Waals surface area (Å²) in [6.07, 6.45) is 3.09. The van der Waals surface area contributed by atoms with Crippen molar-refractivity contribution in [3.63, 3.8) is 0 Å². The van der Waals surface area contributed by atoms with Crippen molar-refractivity contribution in [2.45, 2.75) is 39.5 Å². The number of nitriles is 1. The van der Waals surface area contributed by atoms with Crippen LogP contribution in [0.2, 0.25) is 0 Å². The van der Waals surface area contributed by atoms with Crippen LogP contribution in [-0.2, 0) is 4.79 Å². The Morgan fingerprint density at radius 2 is 1.52 bits per heavy atom. The summed E-state index contributed by atoms with van der Waals surface area (Å²) < 4.78 is 0. The number of piperidine rings is 2. The zero-order valence-electron chi connectivity index (χ0n) is 14.3. The van der Waals surface area contributed by atoms with Crippen molar-refractivity contribution < 1.29 is 9.59 Å². The van der Waals surface area contributed by atoms with E-state index >= 15 is 0 Å². The topological polar surface area (TPSA) is 67.7 Å². The molecule has 0 spiro atoms. The number of amides is 3. The van der Waals surface area contributed by atoms with Gasteiger partial charge in [-0.05, 0) is 39.5 Å². The summed E-state index contributed by atoms with van der Waals surface area (Å²) in [5, 5.41) is 8.94. The number of carbonyl (C=O) groups is 2. The number of carbonyl (C=O) groups excluding carboxylic acids is 2. The first-order valence-electron chi connectivity index (χ1n) is 8.82. The minimum Gasteiger partial charge on any atom is -0.342 e. The fourth-order valence-electron chi connectivity index (χ4n) is 3.50. The second-order valence-corrected chi connectivity index (χ2v) is 6.44. The van der Waals surface area contributed by atoms with Crippen LogP contribution in [0, 0.1) is 23.2 Å². The van der Waals surface area contributed by atoms with Gasteiger partial charge in [0.2, 0.25) is 5.91 Å². The van der Waals surface area contributed by atoms with Crippen LogP contribution < -0.4 is 0 Å². The zero-order valence-corrected chi connectivity index (χ0v) is 14.3. The van der Waals surface area contributed by atoms with Crippen LogP contribution >= 0.6 is 0 Å². The van der Waals surface area contributed by atoms with Crippen LogP contribution in [0.3, 0.4) is 0 Å². The quantitative estimate of drug-likeness (QED) is 0.798. The van der Waals surface area contributed by atoms with Crippen molar-refractivity contribution >= 4 is 11.9 Å². The lowest BCUT2D eigenvalue weighted by atomic mass is 9.92. The Morgan fingerprint density at radius 3 is 2.00 bits per heavy atom. The first-order valence-corrected chi connectivity index (χ1v) is 8.82. The molecule has 0 radical (unpaired) electrons. The van der Waals surface area contributed by atoms with Gasteiger partial charge in [-0.15, -0.1) is 0 Å². The van der Waals surface area contributed by atoms with Gasteiger partial charge in [-0.25, -0.2) is 4.79 Å². The number of urea groups is 1. The second-order valence-electron chi connectivity index (χ2n) is 6.44. The molecule has 2 heterocycles. The molecular weight excluding hydrogens is 292 g/mol. The van der Waals surface area contributed by atoms with E-state index in [1.807, 2.05) is 28.5 Å². The summed E-state index contributed by atoms with van der Waals surface area (Å²) in [6.45, 7) is 8.17. The lowest BCUT2D eigenvalue weighted by molar-refractivity contribution is -0.138. The van der Waals surface area contributed by atoms with E-state index in [9.17, 15) is 9.59 Å². The van der Waals surface area contributed by atoms with Crippen molar-refractivity contribution in [2.24, 2.45) is 11.8 Å². The van der Waals surface area contributed by atoms with Gasteiger partial charge in [-0.2, -0.15) is 5.26 Å². The number of hydrogen-bond acceptors (Lipinski definition) is 3. The highest BCUT2D eigenvalue weighted by Crippen LogP contribution is 2.24. The van der Waals surface area contributed by atoms with Gasteiger partial charge >= 0.3 is 6.03 Å². The van der Waals surface area contributed by atoms with Crippen molar-refractivity contribution in [1.29, 1.82) is 5.26 Å². The smallest absolute Gasteiger partial charge is 0.319 e. The monoisotopic (exact) mass is 320 g/mol. The molecule has 128 valence electrons. The Kier molecular flexibility index (Phi) is 6.26. The molecule has 6 nitrogen and oxygen atoms in total. The van der Waals surface area contributed by atoms with Gasteiger partial charge in [0, 0.05) is 51.1 Å². The van der Waals surface area contributed by atoms with E-state index in [2.05, 4.69) is 6.07 Å². The maximum atomic E-state index is 12.6. The molecule has 2 fully saturated rings. The summed E-state index contributed by atoms with van der Waals surface area (Å²) in [5.74, 6) is 0.360. The molecule has 3 amide bonds. The Labute approximate surface area is 139 Å². The average Bonchev–Trinajstić information content (AvgIpc) is 2.62. The molecule has 6 heteroatoms. The van der Waals surface area contributed by atoms with E-state index in [-0.39, 0.29) is 23.8 Å². The summed E-state index contributed by atoms with van der Waals surface area (Å²) >= 11 is 0. The summed E-state index contributed by atoms with van der Waals surface area (Å²) in [6, 6.07) is 2.39. The number of likely N-dealkylation sites (tertiary alicyclic amines) is 2. The summed E-state index contributed by atoms with van der Waals surface area (Å²) in [5.41, 5.74) is 0. The first kappa shape index (κ1) is 17.6. The molecule has 0 unspecified atom stereocenters. The predicted molar refractivity (Wildman–Crippen MR) is 87.5 cm³/mol. The van der Waals surface area contributed by atoms with Gasteiger partial charge in [-0.1, -0.05) is 0 Å². The van der Waals surface area contributed by atoms with E-state index in [1.54, 1.807) is 0 Å². The molecule has 23 heavy (non-hydrogen) atoms. The molecule has 2 saturated heterocycles. The highest BCUT2D eigenvalue weighted by Gasteiger charge is 2.32. The predicted octanol–water partition coefficient (Wildman–Crippen LogP) is 1.92. The van der Waals surface area contributed by atoms with Gasteiger partial charge in [0.1, 0.15) is 0 Å². The number of hydrogen-bond donors (Lipinski definition) is 0. The lowest BCUT2D eigenvalue weighted by Crippen LogP contribution is -2.49. The maximum absolute atomic E-state index is 12.6. The highest BCUT2D eigenvalue weighted by molar-refractivity contribution is 5.80. The minimum absolute atomic E-state index is 0.0365. The van der Waals surface area contributed by atoms with Crippen LogP contribution in [0.4, 0.5) is 4.79 Å². The molecule has 0 N–H and O–H groups in total. The highest BCUT2D eigenvalue weighted by atomic mass is 16.2. The standard InChI is InChI=1S/C17H28N4O2/c1-3-19(4-2)17(23)21-11-7-15(8-12-21)16(22)20-9-5-14(13-18)6-10-20/h14-15H,3-12H2,1-2H3. The van der Waals surface area contributed by atoms with Crippen LogP contribution in [0.5, 0.6) is 0 Å². The number of nitrogens with zero attached hydrogens (tertiary/aromatic N) is 4. The Hall–Kier alpha value is -1.77. The minimum atomic E-state index is 0.0365. The largest absolute Gasteiger partial charge is 0.342 e. The van der Waals surface area contributed by atoms with Crippen LogP contribution in [0.15, 0.2) is 0 Å². The van der Waals surface area contributed by atoms with Crippen molar-refractivity contribution in [3.05, 3.63) is 0 Å². The van der Waals surface area contributed by atoms with E-state index in [0.29, 0.717) is 26.2 Å². The third-order valence-electron chi connectivity index (χ3n) is 5.14. The fraction of sp³-hybridized carbons (Fsp3) is 0.824. The van der Waals surface area contributed by atoms with Crippen molar-refractivity contribution in [2.75, 3.05) is 39.3 Å². The molecule has 2 aliphatic heterocycles. The van der Waals surface area contributed by atoms with E-state index in [1.165, 1.54) is 0 Å². The maximum Gasteiger partial charge on any atom is 0.319 e. The van der Waals surface area contributed by atoms with Crippen molar-refractivity contribution in [1.82, 2.24) is 14.7 Å². The second kappa shape index (κ2) is 8.19. The number of rotatable bonds is 3. The summed E-state index contributed by atoms with van der Waals surface area (Å²) in [7, 11) is 0. The molecular formula is C17H28N4O2. The van der Waals surface area contributed by atoms with Gasteiger partial charge in [0.15, 0.2) is 0 Å². The van der Waals surface area contributed by atoms with Crippen LogP contribution in [0.25, 0.3) is 0 Å². The molecule has 0 aromatic carbocycles. The SMILES string of the molecule is CCN(CC)C(=O)N1CCC(C(=O)N2CCC(C#N)CC2)CC1. The average molecular weight is 320 g/mol. The third-order valence-corrected chi connectivity index (χ3v) is 5.14. The first-order chi connectivity index (χ1) is 11.1. The molecule has 0 aromatic heterocycles. The van der Waals surface area contributed by atoms with Crippen LogP contribution in [-0.4, -0.2) is 65.9 Å². The molecule has 0 aromatic rings. The Bertz CT molecular complexity index is 454. The van der Waals surface area contributed by atoms with Crippen molar-refractivity contribution in [3.8, 4) is 6.07 Å². The normalized spacial score (nSPS) is 20.2. The molecule has 0 aliphatic carbocycles. The van der Waals surface area contributed by atoms with Crippen LogP contribution in [0.1, 0.15) is 39.5 Å². The molecule has 2 aliphatic rings. The Morgan fingerprint density at radius 1 is 1.00 bits per heavy atom. The van der Waals surface area contributed by atoms with Gasteiger partial charge in [-0.3, -0.25) is 4.79 Å². The fourth-order valence-corrected chi connectivity index (χ4v) is 3.50. The third kappa shape index (κ3) is 4.15. The molecule has 0 bridgehead atoms. The van der Waals surface area contributed by atoms with E-state index in [0.717, 1.165) is 38.8 Å². The van der Waals surface area contributed by atoms with Gasteiger partial charge < -0.3 is 14.7 Å². The lowest BCUT2D eigenvalue weighted by Gasteiger charge is -2.37. The van der Waals surface area contributed by atoms with E-state index < -0.39 is 0 Å². The Balaban J connectivity index is 1.81. The van der Waals surface area contributed by atoms with Gasteiger partial charge in [0.05, 0.1) is 6.07 Å². The summed E-state index contributed by atoms with van der Waals surface area (Å²) in [4.78, 5) is 30.6. The van der Waals surface area contributed by atoms with E-state index in [4.69, 9.17) is 5.26 Å². The molecule has 0 saturated carbocycles. The zero-order chi connectivity index (χ0) is 16.8. The molecule has 0 atom stereocenters. The van der Waals surface area contributed by atoms with Gasteiger partial charge in [0.25, 0.3) is 0 Å². The molecule has 2 rings (SSSR count).